The zero-order chi connectivity index (χ0) is 15.6. The molecule has 0 radical (unpaired) electrons. The number of ketones is 1. The number of hydrogen-bond donors (Lipinski definition) is 1. The van der Waals surface area contributed by atoms with E-state index >= 15 is 0 Å². The summed E-state index contributed by atoms with van der Waals surface area (Å²) in [6, 6.07) is 0.731. The molecule has 0 spiro atoms. The Kier molecular flexibility index (Phi) is 4.56. The summed E-state index contributed by atoms with van der Waals surface area (Å²) in [5, 5.41) is 3.06. The maximum atomic E-state index is 14.1. The zero-order valence-corrected chi connectivity index (χ0v) is 12.1. The van der Waals surface area contributed by atoms with Crippen LogP contribution in [-0.2, 0) is 0 Å². The van der Waals surface area contributed by atoms with Crippen molar-refractivity contribution in [2.45, 2.75) is 26.2 Å². The predicted octanol–water partition coefficient (Wildman–Crippen LogP) is 3.08. The van der Waals surface area contributed by atoms with E-state index in [0.717, 1.165) is 19.6 Å². The number of carbonyl (C=O) groups is 1. The van der Waals surface area contributed by atoms with E-state index in [1.54, 1.807) is 0 Å². The van der Waals surface area contributed by atoms with E-state index in [1.165, 1.54) is 0 Å². The number of carbonyl (C=O) groups excluding carboxylic acids is 1. The van der Waals surface area contributed by atoms with Gasteiger partial charge in [-0.3, -0.25) is 4.79 Å². The summed E-state index contributed by atoms with van der Waals surface area (Å²) in [4.78, 5) is 12.6. The molecule has 1 fully saturated rings. The molecule has 21 heavy (non-hydrogen) atoms. The lowest BCUT2D eigenvalue weighted by molar-refractivity contribution is 0.0795. The normalized spacial score (nSPS) is 21.6. The summed E-state index contributed by atoms with van der Waals surface area (Å²) < 4.78 is 46.1. The van der Waals surface area contributed by atoms with Crippen LogP contribution in [0.3, 0.4) is 0 Å². The highest BCUT2D eigenvalue weighted by Crippen LogP contribution is 2.37. The van der Waals surface area contributed by atoms with Crippen molar-refractivity contribution in [3.8, 4) is 5.75 Å². The van der Waals surface area contributed by atoms with Crippen LogP contribution in [0.2, 0.25) is 0 Å². The van der Waals surface area contributed by atoms with E-state index in [-0.39, 0.29) is 0 Å². The van der Waals surface area contributed by atoms with Crippen LogP contribution in [0.4, 0.5) is 13.2 Å². The Morgan fingerprint density at radius 1 is 1.38 bits per heavy atom. The van der Waals surface area contributed by atoms with E-state index in [9.17, 15) is 18.0 Å². The lowest BCUT2D eigenvalue weighted by atomic mass is 9.76. The molecule has 0 aliphatic carbocycles. The number of hydrogen-bond acceptors (Lipinski definition) is 3. The smallest absolute Gasteiger partial charge is 0.204 e. The van der Waals surface area contributed by atoms with Gasteiger partial charge in [-0.2, -0.15) is 4.39 Å². The minimum atomic E-state index is -1.46. The van der Waals surface area contributed by atoms with Gasteiger partial charge in [0, 0.05) is 12.0 Å². The molecular formula is C15H18F3NO2. The molecule has 1 aromatic carbocycles. The summed E-state index contributed by atoms with van der Waals surface area (Å²) in [6.07, 6.45) is 1.82. The van der Waals surface area contributed by atoms with Gasteiger partial charge in [-0.15, -0.1) is 0 Å². The number of Topliss-reactive ketones (excluding diaryl/α,β-unsaturated/α-hetero) is 1. The molecule has 0 amide bonds. The monoisotopic (exact) mass is 301 g/mol. The summed E-state index contributed by atoms with van der Waals surface area (Å²) in [5.41, 5.74) is -1.33. The number of methoxy groups -OCH3 is 1. The van der Waals surface area contributed by atoms with Crippen LogP contribution in [-0.4, -0.2) is 26.0 Å². The van der Waals surface area contributed by atoms with Crippen molar-refractivity contribution in [2.24, 2.45) is 5.41 Å². The van der Waals surface area contributed by atoms with Gasteiger partial charge in [0.15, 0.2) is 23.2 Å². The maximum absolute atomic E-state index is 14.1. The van der Waals surface area contributed by atoms with Crippen LogP contribution in [0.5, 0.6) is 5.75 Å². The number of nitrogens with one attached hydrogen (secondary N) is 1. The van der Waals surface area contributed by atoms with E-state index in [1.807, 2.05) is 6.92 Å². The number of halogens is 3. The molecule has 116 valence electrons. The van der Waals surface area contributed by atoms with Crippen molar-refractivity contribution in [3.63, 3.8) is 0 Å². The third-order valence-corrected chi connectivity index (χ3v) is 4.02. The third kappa shape index (κ3) is 2.64. The second-order valence-electron chi connectivity index (χ2n) is 5.35. The van der Waals surface area contributed by atoms with Gasteiger partial charge in [0.05, 0.1) is 12.7 Å². The first-order valence-corrected chi connectivity index (χ1v) is 6.94. The average Bonchev–Trinajstić information content (AvgIpc) is 2.93. The van der Waals surface area contributed by atoms with Gasteiger partial charge in [-0.25, -0.2) is 8.78 Å². The van der Waals surface area contributed by atoms with Gasteiger partial charge < -0.3 is 10.1 Å². The Labute approximate surface area is 121 Å². The Morgan fingerprint density at radius 3 is 2.62 bits per heavy atom. The van der Waals surface area contributed by atoms with Gasteiger partial charge in [0.1, 0.15) is 0 Å². The molecule has 1 heterocycles. The topological polar surface area (TPSA) is 38.3 Å². The largest absolute Gasteiger partial charge is 0.491 e. The molecule has 6 heteroatoms. The summed E-state index contributed by atoms with van der Waals surface area (Å²) in [7, 11) is 1.04. The summed E-state index contributed by atoms with van der Waals surface area (Å²) in [5.74, 6) is -5.23. The first-order chi connectivity index (χ1) is 9.96. The van der Waals surface area contributed by atoms with Gasteiger partial charge in [-0.1, -0.05) is 13.3 Å². The summed E-state index contributed by atoms with van der Waals surface area (Å²) >= 11 is 0. The highest BCUT2D eigenvalue weighted by Gasteiger charge is 2.42. The maximum Gasteiger partial charge on any atom is 0.204 e. The Hall–Kier alpha value is -1.56. The first-order valence-electron chi connectivity index (χ1n) is 6.94. The van der Waals surface area contributed by atoms with Crippen molar-refractivity contribution in [2.75, 3.05) is 20.2 Å². The van der Waals surface area contributed by atoms with Crippen molar-refractivity contribution >= 4 is 5.78 Å². The standard InChI is InChI=1S/C15H18F3NO2/c1-3-4-15(5-6-19-8-15)14(20)9-7-10(16)13(21-2)12(18)11(9)17/h7,19H,3-6,8H2,1-2H3. The van der Waals surface area contributed by atoms with Gasteiger partial charge in [-0.05, 0) is 25.5 Å². The Bertz CT molecular complexity index is 554. The highest BCUT2D eigenvalue weighted by atomic mass is 19.2. The van der Waals surface area contributed by atoms with E-state index < -0.39 is 40.0 Å². The highest BCUT2D eigenvalue weighted by molar-refractivity contribution is 6.01. The van der Waals surface area contributed by atoms with Gasteiger partial charge in [0.2, 0.25) is 5.82 Å². The lowest BCUT2D eigenvalue weighted by Crippen LogP contribution is -2.34. The van der Waals surface area contributed by atoms with Crippen LogP contribution >= 0.6 is 0 Å². The van der Waals surface area contributed by atoms with Crippen LogP contribution < -0.4 is 10.1 Å². The van der Waals surface area contributed by atoms with Crippen molar-refractivity contribution in [1.82, 2.24) is 5.32 Å². The molecule has 0 bridgehead atoms. The lowest BCUT2D eigenvalue weighted by Gasteiger charge is -2.26. The van der Waals surface area contributed by atoms with E-state index in [2.05, 4.69) is 10.1 Å². The van der Waals surface area contributed by atoms with Crippen molar-refractivity contribution < 1.29 is 22.7 Å². The quantitative estimate of drug-likeness (QED) is 0.671. The molecular weight excluding hydrogens is 283 g/mol. The number of benzene rings is 1. The number of ether oxygens (including phenoxy) is 1. The molecule has 2 rings (SSSR count). The SMILES string of the molecule is CCCC1(C(=O)c2cc(F)c(OC)c(F)c2F)CCNC1. The third-order valence-electron chi connectivity index (χ3n) is 4.02. The van der Waals surface area contributed by atoms with Crippen molar-refractivity contribution in [1.29, 1.82) is 0 Å². The second-order valence-corrected chi connectivity index (χ2v) is 5.35. The van der Waals surface area contributed by atoms with E-state index in [4.69, 9.17) is 0 Å². The fourth-order valence-electron chi connectivity index (χ4n) is 2.96. The minimum Gasteiger partial charge on any atom is -0.491 e. The molecule has 3 nitrogen and oxygen atoms in total. The van der Waals surface area contributed by atoms with E-state index in [0.29, 0.717) is 25.9 Å². The molecule has 1 aromatic rings. The minimum absolute atomic E-state index is 0.397. The van der Waals surface area contributed by atoms with Crippen LogP contribution in [0, 0.1) is 22.9 Å². The fraction of sp³-hybridized carbons (Fsp3) is 0.533. The molecule has 1 unspecified atom stereocenters. The fourth-order valence-corrected chi connectivity index (χ4v) is 2.96. The van der Waals surface area contributed by atoms with Crippen LogP contribution in [0.25, 0.3) is 0 Å². The number of rotatable bonds is 5. The van der Waals surface area contributed by atoms with Crippen LogP contribution in [0.1, 0.15) is 36.5 Å². The molecule has 1 atom stereocenters. The molecule has 1 saturated heterocycles. The van der Waals surface area contributed by atoms with Crippen molar-refractivity contribution in [3.05, 3.63) is 29.1 Å². The van der Waals surface area contributed by atoms with Crippen LogP contribution in [0.15, 0.2) is 6.07 Å². The molecule has 1 aliphatic heterocycles. The Morgan fingerprint density at radius 2 is 2.10 bits per heavy atom. The van der Waals surface area contributed by atoms with Gasteiger partial charge >= 0.3 is 0 Å². The molecule has 1 aliphatic rings. The molecule has 0 saturated carbocycles. The molecule has 1 N–H and O–H groups in total. The summed E-state index contributed by atoms with van der Waals surface area (Å²) in [6.45, 7) is 2.95. The van der Waals surface area contributed by atoms with Gasteiger partial charge in [0.25, 0.3) is 0 Å². The first kappa shape index (κ1) is 15.8. The Balaban J connectivity index is 2.48. The average molecular weight is 301 g/mol. The zero-order valence-electron chi connectivity index (χ0n) is 12.1. The molecule has 0 aromatic heterocycles. The second kappa shape index (κ2) is 6.05. The predicted molar refractivity (Wildman–Crippen MR) is 72.0 cm³/mol.